The predicted molar refractivity (Wildman–Crippen MR) is 95.6 cm³/mol. The van der Waals surface area contributed by atoms with E-state index in [0.717, 1.165) is 63.9 Å². The second-order valence-electron chi connectivity index (χ2n) is 7.81. The Morgan fingerprint density at radius 2 is 1.81 bits per heavy atom. The highest BCUT2D eigenvalue weighted by molar-refractivity contribution is 5.95. The highest BCUT2D eigenvalue weighted by atomic mass is 16.5. The molecule has 7 heteroatoms. The molecule has 1 saturated heterocycles. The molecule has 142 valence electrons. The average Bonchev–Trinajstić information content (AvgIpc) is 3.23. The molecule has 0 bridgehead atoms. The van der Waals surface area contributed by atoms with Crippen LogP contribution in [0.1, 0.15) is 61.0 Å². The van der Waals surface area contributed by atoms with Gasteiger partial charge in [0.25, 0.3) is 5.91 Å². The SMILES string of the molecule is COC1(CC(=O)N2CCCn3ncc(C(=O)N4CCCC4)c3C2)CCC1. The lowest BCUT2D eigenvalue weighted by molar-refractivity contribution is -0.144. The lowest BCUT2D eigenvalue weighted by atomic mass is 9.77. The Morgan fingerprint density at radius 1 is 1.08 bits per heavy atom. The molecule has 0 N–H and O–H groups in total. The number of carbonyl (C=O) groups is 2. The van der Waals surface area contributed by atoms with Gasteiger partial charge in [-0.05, 0) is 38.5 Å². The fourth-order valence-corrected chi connectivity index (χ4v) is 4.34. The molecule has 0 spiro atoms. The highest BCUT2D eigenvalue weighted by Crippen LogP contribution is 2.38. The van der Waals surface area contributed by atoms with Crippen molar-refractivity contribution in [2.24, 2.45) is 0 Å². The summed E-state index contributed by atoms with van der Waals surface area (Å²) < 4.78 is 7.53. The molecule has 1 aromatic rings. The van der Waals surface area contributed by atoms with Crippen LogP contribution in [0, 0.1) is 0 Å². The van der Waals surface area contributed by atoms with Crippen molar-refractivity contribution in [2.45, 2.75) is 63.6 Å². The Balaban J connectivity index is 1.51. The third-order valence-electron chi connectivity index (χ3n) is 6.23. The minimum atomic E-state index is -0.266. The third kappa shape index (κ3) is 3.13. The van der Waals surface area contributed by atoms with Crippen LogP contribution in [0.25, 0.3) is 0 Å². The normalized spacial score (nSPS) is 21.9. The van der Waals surface area contributed by atoms with Gasteiger partial charge in [-0.15, -0.1) is 0 Å². The molecule has 26 heavy (non-hydrogen) atoms. The second kappa shape index (κ2) is 7.02. The number of hydrogen-bond acceptors (Lipinski definition) is 4. The molecule has 2 fully saturated rings. The van der Waals surface area contributed by atoms with E-state index in [9.17, 15) is 9.59 Å². The molecule has 1 aliphatic carbocycles. The van der Waals surface area contributed by atoms with Crippen LogP contribution in [0.2, 0.25) is 0 Å². The molecule has 0 aromatic carbocycles. The van der Waals surface area contributed by atoms with Crippen molar-refractivity contribution < 1.29 is 14.3 Å². The van der Waals surface area contributed by atoms with Crippen molar-refractivity contribution in [2.75, 3.05) is 26.7 Å². The Bertz CT molecular complexity index is 683. The van der Waals surface area contributed by atoms with Crippen molar-refractivity contribution in [1.29, 1.82) is 0 Å². The van der Waals surface area contributed by atoms with Crippen LogP contribution >= 0.6 is 0 Å². The first-order chi connectivity index (χ1) is 12.6. The molecule has 7 nitrogen and oxygen atoms in total. The zero-order valence-corrected chi connectivity index (χ0v) is 15.6. The Labute approximate surface area is 154 Å². The molecule has 2 amide bonds. The lowest BCUT2D eigenvalue weighted by Crippen LogP contribution is -2.45. The fraction of sp³-hybridized carbons (Fsp3) is 0.737. The van der Waals surface area contributed by atoms with Crippen molar-refractivity contribution >= 4 is 11.8 Å². The van der Waals surface area contributed by atoms with Gasteiger partial charge in [0, 0.05) is 33.3 Å². The van der Waals surface area contributed by atoms with Gasteiger partial charge < -0.3 is 14.5 Å². The fourth-order valence-electron chi connectivity index (χ4n) is 4.34. The van der Waals surface area contributed by atoms with Crippen LogP contribution in [0.15, 0.2) is 6.20 Å². The summed E-state index contributed by atoms with van der Waals surface area (Å²) in [5.41, 5.74) is 1.28. The maximum Gasteiger partial charge on any atom is 0.257 e. The van der Waals surface area contributed by atoms with Crippen LogP contribution in [0.4, 0.5) is 0 Å². The second-order valence-corrected chi connectivity index (χ2v) is 7.81. The number of fused-ring (bicyclic) bond motifs is 1. The first-order valence-electron chi connectivity index (χ1n) is 9.79. The van der Waals surface area contributed by atoms with E-state index >= 15 is 0 Å². The molecule has 1 aromatic heterocycles. The number of aromatic nitrogens is 2. The van der Waals surface area contributed by atoms with Crippen molar-refractivity contribution in [3.05, 3.63) is 17.5 Å². The van der Waals surface area contributed by atoms with E-state index < -0.39 is 0 Å². The minimum absolute atomic E-state index is 0.0606. The van der Waals surface area contributed by atoms with E-state index in [1.165, 1.54) is 0 Å². The van der Waals surface area contributed by atoms with Crippen LogP contribution < -0.4 is 0 Å². The smallest absolute Gasteiger partial charge is 0.257 e. The van der Waals surface area contributed by atoms with E-state index in [2.05, 4.69) is 5.10 Å². The first-order valence-corrected chi connectivity index (χ1v) is 9.79. The minimum Gasteiger partial charge on any atom is -0.378 e. The van der Waals surface area contributed by atoms with Gasteiger partial charge in [0.1, 0.15) is 0 Å². The molecular weight excluding hydrogens is 332 g/mol. The van der Waals surface area contributed by atoms with Gasteiger partial charge in [0.15, 0.2) is 0 Å². The van der Waals surface area contributed by atoms with Gasteiger partial charge in [-0.2, -0.15) is 5.10 Å². The number of carbonyl (C=O) groups excluding carboxylic acids is 2. The molecule has 2 aliphatic heterocycles. The van der Waals surface area contributed by atoms with Crippen LogP contribution in [-0.4, -0.2) is 63.7 Å². The summed E-state index contributed by atoms with van der Waals surface area (Å²) in [5, 5.41) is 4.43. The van der Waals surface area contributed by atoms with Crippen LogP contribution in [0.5, 0.6) is 0 Å². The van der Waals surface area contributed by atoms with Crippen molar-refractivity contribution in [3.63, 3.8) is 0 Å². The lowest BCUT2D eigenvalue weighted by Gasteiger charge is -2.41. The Hall–Kier alpha value is -1.89. The first kappa shape index (κ1) is 17.5. The largest absolute Gasteiger partial charge is 0.378 e. The Kier molecular flexibility index (Phi) is 4.73. The predicted octanol–water partition coefficient (Wildman–Crippen LogP) is 1.81. The molecule has 4 rings (SSSR count). The maximum atomic E-state index is 12.9. The number of ether oxygens (including phenoxy) is 1. The molecule has 0 radical (unpaired) electrons. The number of likely N-dealkylation sites (tertiary alicyclic amines) is 1. The van der Waals surface area contributed by atoms with E-state index in [1.807, 2.05) is 14.5 Å². The maximum absolute atomic E-state index is 12.9. The van der Waals surface area contributed by atoms with Gasteiger partial charge in [0.2, 0.25) is 5.91 Å². The zero-order chi connectivity index (χ0) is 18.1. The van der Waals surface area contributed by atoms with E-state index in [0.29, 0.717) is 25.1 Å². The standard InChI is InChI=1S/C19H28N4O3/c1-26-19(6-4-7-19)12-17(24)22-10-5-11-23-16(14-22)15(13-20-23)18(25)21-8-2-3-9-21/h13H,2-12,14H2,1H3. The molecule has 3 aliphatic rings. The zero-order valence-electron chi connectivity index (χ0n) is 15.6. The van der Waals surface area contributed by atoms with E-state index in [4.69, 9.17) is 4.74 Å². The molecule has 1 saturated carbocycles. The van der Waals surface area contributed by atoms with Gasteiger partial charge >= 0.3 is 0 Å². The summed E-state index contributed by atoms with van der Waals surface area (Å²) >= 11 is 0. The summed E-state index contributed by atoms with van der Waals surface area (Å²) in [6, 6.07) is 0. The Morgan fingerprint density at radius 3 is 2.46 bits per heavy atom. The molecule has 0 atom stereocenters. The number of nitrogens with zero attached hydrogens (tertiary/aromatic N) is 4. The summed E-state index contributed by atoms with van der Waals surface area (Å²) in [4.78, 5) is 29.6. The third-order valence-corrected chi connectivity index (χ3v) is 6.23. The quantitative estimate of drug-likeness (QED) is 0.821. The van der Waals surface area contributed by atoms with E-state index in [-0.39, 0.29) is 17.4 Å². The van der Waals surface area contributed by atoms with Crippen molar-refractivity contribution in [3.8, 4) is 0 Å². The number of hydrogen-bond donors (Lipinski definition) is 0. The van der Waals surface area contributed by atoms with Crippen LogP contribution in [0.3, 0.4) is 0 Å². The van der Waals surface area contributed by atoms with Gasteiger partial charge in [-0.1, -0.05) is 0 Å². The summed E-state index contributed by atoms with van der Waals surface area (Å²) in [6.07, 6.45) is 8.16. The number of amides is 2. The van der Waals surface area contributed by atoms with Gasteiger partial charge in [-0.25, -0.2) is 0 Å². The number of methoxy groups -OCH3 is 1. The molecule has 0 unspecified atom stereocenters. The topological polar surface area (TPSA) is 67.7 Å². The average molecular weight is 360 g/mol. The van der Waals surface area contributed by atoms with Gasteiger partial charge in [0.05, 0.1) is 36.0 Å². The monoisotopic (exact) mass is 360 g/mol. The van der Waals surface area contributed by atoms with Crippen LogP contribution in [-0.2, 0) is 22.6 Å². The molecular formula is C19H28N4O3. The summed E-state index contributed by atoms with van der Waals surface area (Å²) in [5.74, 6) is 0.186. The van der Waals surface area contributed by atoms with Gasteiger partial charge in [-0.3, -0.25) is 14.3 Å². The summed E-state index contributed by atoms with van der Waals surface area (Å²) in [7, 11) is 1.71. The van der Waals surface area contributed by atoms with Crippen molar-refractivity contribution in [1.82, 2.24) is 19.6 Å². The highest BCUT2D eigenvalue weighted by Gasteiger charge is 2.40. The summed E-state index contributed by atoms with van der Waals surface area (Å²) in [6.45, 7) is 3.57. The van der Waals surface area contributed by atoms with E-state index in [1.54, 1.807) is 13.3 Å². The number of rotatable bonds is 4. The molecule has 3 heterocycles. The number of aryl methyl sites for hydroxylation is 1.